The number of nitrogens with zero attached hydrogens (tertiary/aromatic N) is 1. The average molecular weight is 454 g/mol. The van der Waals surface area contributed by atoms with E-state index >= 15 is 0 Å². The Balaban J connectivity index is 2.16. The van der Waals surface area contributed by atoms with E-state index in [1.165, 1.54) is 6.21 Å². The number of hydrogen-bond donors (Lipinski definition) is 0. The lowest BCUT2D eigenvalue weighted by atomic mass is 10.0. The molecular weight excluding hydrogens is 429 g/mol. The number of halogens is 2. The van der Waals surface area contributed by atoms with Gasteiger partial charge in [-0.05, 0) is 55.7 Å². The first-order chi connectivity index (χ1) is 14.3. The van der Waals surface area contributed by atoms with Crippen LogP contribution in [0.4, 0.5) is 0 Å². The summed E-state index contributed by atoms with van der Waals surface area (Å²) in [6.07, 6.45) is 0.585. The van der Waals surface area contributed by atoms with Crippen molar-refractivity contribution in [3.63, 3.8) is 0 Å². The maximum Gasteiger partial charge on any atom is 0.349 e. The number of rotatable bonds is 9. The minimum absolute atomic E-state index is 0.255. The molecule has 0 radical (unpaired) electrons. The fourth-order valence-corrected chi connectivity index (χ4v) is 3.16. The lowest BCUT2D eigenvalue weighted by Gasteiger charge is -2.15. The Hall–Kier alpha value is -2.44. The number of carbonyl (C=O) groups is 1. The van der Waals surface area contributed by atoms with Gasteiger partial charge in [0.25, 0.3) is 0 Å². The first kappa shape index (κ1) is 23.8. The Bertz CT molecular complexity index is 891. The molecule has 0 amide bonds. The quantitative estimate of drug-likeness (QED) is 0.256. The van der Waals surface area contributed by atoms with Gasteiger partial charge in [0.1, 0.15) is 11.5 Å². The Morgan fingerprint density at radius 3 is 2.37 bits per heavy atom. The van der Waals surface area contributed by atoms with Crippen molar-refractivity contribution in [3.05, 3.63) is 51.5 Å². The van der Waals surface area contributed by atoms with Crippen molar-refractivity contribution in [3.8, 4) is 17.2 Å². The molecule has 6 nitrogen and oxygen atoms in total. The van der Waals surface area contributed by atoms with E-state index in [9.17, 15) is 4.79 Å². The van der Waals surface area contributed by atoms with E-state index in [4.69, 9.17) is 42.3 Å². The summed E-state index contributed by atoms with van der Waals surface area (Å²) in [5.74, 6) is 1.48. The maximum absolute atomic E-state index is 11.5. The lowest BCUT2D eigenvalue weighted by molar-refractivity contribution is -0.155. The average Bonchev–Trinajstić information content (AvgIpc) is 2.70. The minimum Gasteiger partial charge on any atom is -0.496 e. The van der Waals surface area contributed by atoms with Gasteiger partial charge in [-0.25, -0.2) is 4.79 Å². The predicted octanol–water partition coefficient (Wildman–Crippen LogP) is 6.22. The zero-order chi connectivity index (χ0) is 22.3. The third-order valence-corrected chi connectivity index (χ3v) is 4.66. The highest BCUT2D eigenvalue weighted by atomic mass is 35.5. The second-order valence-corrected chi connectivity index (χ2v) is 7.52. The summed E-state index contributed by atoms with van der Waals surface area (Å²) in [5, 5.41) is 4.41. The molecule has 0 bridgehead atoms. The molecule has 1 atom stereocenters. The Morgan fingerprint density at radius 2 is 1.80 bits per heavy atom. The molecule has 0 aromatic heterocycles. The van der Waals surface area contributed by atoms with Crippen LogP contribution in [-0.4, -0.2) is 32.0 Å². The zero-order valence-electron chi connectivity index (χ0n) is 17.6. The first-order valence-corrected chi connectivity index (χ1v) is 10.2. The topological polar surface area (TPSA) is 66.4 Å². The van der Waals surface area contributed by atoms with Gasteiger partial charge < -0.3 is 19.0 Å². The summed E-state index contributed by atoms with van der Waals surface area (Å²) < 4.78 is 16.2. The second-order valence-electron chi connectivity index (χ2n) is 6.71. The molecule has 1 unspecified atom stereocenters. The minimum atomic E-state index is -0.819. The number of carbonyl (C=O) groups excluding carboxylic acids is 1. The third-order valence-electron chi connectivity index (χ3n) is 4.10. The lowest BCUT2D eigenvalue weighted by Crippen LogP contribution is -2.21. The highest BCUT2D eigenvalue weighted by Crippen LogP contribution is 2.39. The van der Waals surface area contributed by atoms with Crippen molar-refractivity contribution in [2.45, 2.75) is 39.7 Å². The molecule has 2 rings (SSSR count). The summed E-state index contributed by atoms with van der Waals surface area (Å²) in [6, 6.07) is 8.80. The molecule has 0 aliphatic rings. The van der Waals surface area contributed by atoms with E-state index in [0.717, 1.165) is 11.3 Å². The van der Waals surface area contributed by atoms with Gasteiger partial charge in [-0.3, -0.25) is 0 Å². The molecule has 0 saturated carbocycles. The molecule has 8 heteroatoms. The maximum atomic E-state index is 11.5. The number of oxime groups is 1. The Labute approximate surface area is 186 Å². The fourth-order valence-electron chi connectivity index (χ4n) is 2.58. The van der Waals surface area contributed by atoms with Crippen LogP contribution in [0.2, 0.25) is 10.0 Å². The van der Waals surface area contributed by atoms with Crippen LogP contribution >= 0.6 is 23.2 Å². The van der Waals surface area contributed by atoms with Crippen LogP contribution in [0.1, 0.15) is 44.7 Å². The van der Waals surface area contributed by atoms with Gasteiger partial charge in [0.15, 0.2) is 5.75 Å². The van der Waals surface area contributed by atoms with Gasteiger partial charge in [-0.15, -0.1) is 0 Å². The number of methoxy groups -OCH3 is 1. The largest absolute Gasteiger partial charge is 0.496 e. The van der Waals surface area contributed by atoms with Gasteiger partial charge in [0, 0.05) is 5.56 Å². The summed E-state index contributed by atoms with van der Waals surface area (Å²) in [6.45, 7) is 7.68. The van der Waals surface area contributed by atoms with Crippen LogP contribution in [0.5, 0.6) is 17.2 Å². The summed E-state index contributed by atoms with van der Waals surface area (Å²) in [4.78, 5) is 16.6. The molecule has 30 heavy (non-hydrogen) atoms. The van der Waals surface area contributed by atoms with Crippen LogP contribution in [0.25, 0.3) is 0 Å². The van der Waals surface area contributed by atoms with Crippen LogP contribution in [0, 0.1) is 0 Å². The Kier molecular flexibility index (Phi) is 8.81. The normalized spacial score (nSPS) is 12.1. The molecule has 0 heterocycles. The second kappa shape index (κ2) is 11.1. The summed E-state index contributed by atoms with van der Waals surface area (Å²) >= 11 is 12.7. The molecule has 2 aromatic carbocycles. The van der Waals surface area contributed by atoms with Crippen LogP contribution in [-0.2, 0) is 14.4 Å². The molecule has 162 valence electrons. The van der Waals surface area contributed by atoms with Gasteiger partial charge in [0.05, 0.1) is 30.0 Å². The predicted molar refractivity (Wildman–Crippen MR) is 118 cm³/mol. The Morgan fingerprint density at radius 1 is 1.13 bits per heavy atom. The molecule has 0 aliphatic heterocycles. The number of esters is 1. The van der Waals surface area contributed by atoms with Crippen LogP contribution in [0.15, 0.2) is 35.5 Å². The molecule has 0 aliphatic carbocycles. The van der Waals surface area contributed by atoms with E-state index in [1.54, 1.807) is 39.2 Å². The molecule has 0 spiro atoms. The van der Waals surface area contributed by atoms with Crippen molar-refractivity contribution in [2.75, 3.05) is 13.7 Å². The van der Waals surface area contributed by atoms with Gasteiger partial charge in [-0.1, -0.05) is 42.2 Å². The molecule has 0 fully saturated rings. The van der Waals surface area contributed by atoms with E-state index < -0.39 is 12.1 Å². The van der Waals surface area contributed by atoms with E-state index in [2.05, 4.69) is 19.0 Å². The zero-order valence-corrected chi connectivity index (χ0v) is 19.1. The molecule has 0 saturated heterocycles. The van der Waals surface area contributed by atoms with E-state index in [1.807, 2.05) is 12.1 Å². The number of ether oxygens (including phenoxy) is 3. The van der Waals surface area contributed by atoms with Crippen molar-refractivity contribution in [2.24, 2.45) is 5.16 Å². The van der Waals surface area contributed by atoms with Crippen molar-refractivity contribution in [1.29, 1.82) is 0 Å². The van der Waals surface area contributed by atoms with E-state index in [-0.39, 0.29) is 12.5 Å². The summed E-state index contributed by atoms with van der Waals surface area (Å²) in [5.41, 5.74) is 1.60. The van der Waals surface area contributed by atoms with E-state index in [0.29, 0.717) is 27.1 Å². The summed E-state index contributed by atoms with van der Waals surface area (Å²) in [7, 11) is 1.63. The standard InChI is InChI=1S/C22H25Cl2NO5/c1-6-28-22(26)14(4)30-25-12-15-9-18(23)21(19(24)10-15)29-16-7-8-20(27-5)17(11-16)13(2)3/h7-14H,6H2,1-5H3/b25-12-. The van der Waals surface area contributed by atoms with Crippen molar-refractivity contribution in [1.82, 2.24) is 0 Å². The van der Waals surface area contributed by atoms with Gasteiger partial charge in [0.2, 0.25) is 6.10 Å². The van der Waals surface area contributed by atoms with Crippen LogP contribution in [0.3, 0.4) is 0 Å². The van der Waals surface area contributed by atoms with Gasteiger partial charge >= 0.3 is 5.97 Å². The van der Waals surface area contributed by atoms with Gasteiger partial charge in [-0.2, -0.15) is 0 Å². The fraction of sp³-hybridized carbons (Fsp3) is 0.364. The number of hydrogen-bond acceptors (Lipinski definition) is 6. The highest BCUT2D eigenvalue weighted by molar-refractivity contribution is 6.37. The molecular formula is C22H25Cl2NO5. The smallest absolute Gasteiger partial charge is 0.349 e. The number of benzene rings is 2. The molecule has 0 N–H and O–H groups in total. The van der Waals surface area contributed by atoms with Crippen molar-refractivity contribution >= 4 is 35.4 Å². The SMILES string of the molecule is CCOC(=O)C(C)O/N=C\c1cc(Cl)c(Oc2ccc(OC)c(C(C)C)c2)c(Cl)c1. The molecule has 2 aromatic rings. The van der Waals surface area contributed by atoms with Crippen LogP contribution < -0.4 is 9.47 Å². The van der Waals surface area contributed by atoms with Crippen molar-refractivity contribution < 1.29 is 23.8 Å². The first-order valence-electron chi connectivity index (χ1n) is 9.47. The highest BCUT2D eigenvalue weighted by Gasteiger charge is 2.16. The monoisotopic (exact) mass is 453 g/mol. The third kappa shape index (κ3) is 6.28.